The van der Waals surface area contributed by atoms with Crippen molar-refractivity contribution in [2.45, 2.75) is 10.1 Å². The number of hydrogen-bond acceptors (Lipinski definition) is 6. The van der Waals surface area contributed by atoms with Gasteiger partial charge in [-0.2, -0.15) is 0 Å². The zero-order valence-corrected chi connectivity index (χ0v) is 17.6. The highest BCUT2D eigenvalue weighted by molar-refractivity contribution is 9.10. The third-order valence-electron chi connectivity index (χ3n) is 3.18. The van der Waals surface area contributed by atoms with Gasteiger partial charge in [0.25, 0.3) is 5.91 Å². The molecule has 27 heavy (non-hydrogen) atoms. The Kier molecular flexibility index (Phi) is 7.06. The summed E-state index contributed by atoms with van der Waals surface area (Å²) in [6.45, 7) is -0.195. The van der Waals surface area contributed by atoms with Gasteiger partial charge in [-0.05, 0) is 35.9 Å². The molecule has 0 unspecified atom stereocenters. The molecule has 2 aromatic carbocycles. The van der Waals surface area contributed by atoms with Gasteiger partial charge in [-0.25, -0.2) is 4.39 Å². The van der Waals surface area contributed by atoms with E-state index in [1.54, 1.807) is 30.3 Å². The van der Waals surface area contributed by atoms with Crippen LogP contribution in [0.1, 0.15) is 5.56 Å². The molecule has 1 heterocycles. The molecule has 5 nitrogen and oxygen atoms in total. The highest BCUT2D eigenvalue weighted by Crippen LogP contribution is 2.29. The van der Waals surface area contributed by atoms with Gasteiger partial charge in [-0.3, -0.25) is 10.1 Å². The van der Waals surface area contributed by atoms with E-state index in [4.69, 9.17) is 16.3 Å². The number of benzene rings is 2. The van der Waals surface area contributed by atoms with Crippen LogP contribution in [0, 0.1) is 5.82 Å². The molecule has 0 spiro atoms. The standard InChI is InChI=1S/C17H12BrClFN3O2S2/c18-11-3-6-14(13(19)7-11)25-8-15(24)21-16-22-23-17(27-16)26-9-10-1-4-12(20)5-2-10/h1-7H,8-9H2,(H,21,22,24). The number of halogens is 3. The van der Waals surface area contributed by atoms with E-state index in [0.717, 1.165) is 10.0 Å². The summed E-state index contributed by atoms with van der Waals surface area (Å²) in [5.74, 6) is 0.424. The molecule has 1 N–H and O–H groups in total. The number of aromatic nitrogens is 2. The van der Waals surface area contributed by atoms with Crippen LogP contribution in [0.15, 0.2) is 51.3 Å². The second kappa shape index (κ2) is 9.50. The first-order valence-corrected chi connectivity index (χ1v) is 10.6. The normalized spacial score (nSPS) is 10.6. The molecule has 0 aliphatic heterocycles. The van der Waals surface area contributed by atoms with Crippen molar-refractivity contribution in [3.05, 3.63) is 63.3 Å². The maximum atomic E-state index is 12.9. The number of anilines is 1. The number of ether oxygens (including phenoxy) is 1. The zero-order valence-electron chi connectivity index (χ0n) is 13.6. The fraction of sp³-hybridized carbons (Fsp3) is 0.118. The highest BCUT2D eigenvalue weighted by Gasteiger charge is 2.11. The molecule has 0 aliphatic rings. The predicted octanol–water partition coefficient (Wildman–Crippen LogP) is 5.40. The van der Waals surface area contributed by atoms with Crippen LogP contribution in [0.3, 0.4) is 0 Å². The molecule has 0 fully saturated rings. The minimum absolute atomic E-state index is 0.195. The van der Waals surface area contributed by atoms with Gasteiger partial charge in [0.1, 0.15) is 11.6 Å². The van der Waals surface area contributed by atoms with E-state index >= 15 is 0 Å². The smallest absolute Gasteiger partial charge is 0.264 e. The Morgan fingerprint density at radius 1 is 1.26 bits per heavy atom. The predicted molar refractivity (Wildman–Crippen MR) is 109 cm³/mol. The molecule has 0 radical (unpaired) electrons. The average molecular weight is 489 g/mol. The van der Waals surface area contributed by atoms with Crippen LogP contribution in [0.4, 0.5) is 9.52 Å². The van der Waals surface area contributed by atoms with Crippen molar-refractivity contribution >= 4 is 61.7 Å². The maximum Gasteiger partial charge on any atom is 0.264 e. The number of amides is 1. The summed E-state index contributed by atoms with van der Waals surface area (Å²) in [6, 6.07) is 11.4. The van der Waals surface area contributed by atoms with E-state index in [9.17, 15) is 9.18 Å². The quantitative estimate of drug-likeness (QED) is 0.356. The number of thioether (sulfide) groups is 1. The minimum atomic E-state index is -0.361. The van der Waals surface area contributed by atoms with E-state index in [1.165, 1.54) is 35.2 Å². The lowest BCUT2D eigenvalue weighted by atomic mass is 10.2. The van der Waals surface area contributed by atoms with E-state index in [2.05, 4.69) is 31.4 Å². The number of nitrogens with one attached hydrogen (secondary N) is 1. The summed E-state index contributed by atoms with van der Waals surface area (Å²) in [4.78, 5) is 12.0. The molecule has 3 rings (SSSR count). The average Bonchev–Trinajstić information content (AvgIpc) is 3.08. The number of nitrogens with zero attached hydrogens (tertiary/aromatic N) is 2. The third-order valence-corrected chi connectivity index (χ3v) is 6.01. The van der Waals surface area contributed by atoms with E-state index in [0.29, 0.717) is 26.0 Å². The van der Waals surface area contributed by atoms with Crippen LogP contribution in [0.5, 0.6) is 5.75 Å². The molecule has 0 atom stereocenters. The summed E-state index contributed by atoms with van der Waals surface area (Å²) >= 11 is 12.1. The van der Waals surface area contributed by atoms with Crippen molar-refractivity contribution in [1.82, 2.24) is 10.2 Å². The lowest BCUT2D eigenvalue weighted by molar-refractivity contribution is -0.118. The molecule has 3 aromatic rings. The second-order valence-corrected chi connectivity index (χ2v) is 8.72. The summed E-state index contributed by atoms with van der Waals surface area (Å²) in [5.41, 5.74) is 0.974. The van der Waals surface area contributed by atoms with Crippen molar-refractivity contribution in [2.75, 3.05) is 11.9 Å². The topological polar surface area (TPSA) is 64.1 Å². The largest absolute Gasteiger partial charge is 0.482 e. The Bertz CT molecular complexity index is 940. The van der Waals surface area contributed by atoms with Crippen LogP contribution in [0.25, 0.3) is 0 Å². The maximum absolute atomic E-state index is 12.9. The number of carbonyl (C=O) groups is 1. The van der Waals surface area contributed by atoms with E-state index in [1.807, 2.05) is 0 Å². The minimum Gasteiger partial charge on any atom is -0.482 e. The van der Waals surface area contributed by atoms with Crippen molar-refractivity contribution in [3.63, 3.8) is 0 Å². The van der Waals surface area contributed by atoms with Crippen molar-refractivity contribution < 1.29 is 13.9 Å². The first-order chi connectivity index (χ1) is 13.0. The van der Waals surface area contributed by atoms with Gasteiger partial charge in [0.2, 0.25) is 5.13 Å². The molecule has 140 valence electrons. The first-order valence-electron chi connectivity index (χ1n) is 7.58. The summed E-state index contributed by atoms with van der Waals surface area (Å²) in [6.07, 6.45) is 0. The Balaban J connectivity index is 1.48. The van der Waals surface area contributed by atoms with Gasteiger partial charge >= 0.3 is 0 Å². The molecular formula is C17H12BrClFN3O2S2. The van der Waals surface area contributed by atoms with Crippen molar-refractivity contribution in [3.8, 4) is 5.75 Å². The number of rotatable bonds is 7. The Morgan fingerprint density at radius 2 is 2.04 bits per heavy atom. The monoisotopic (exact) mass is 487 g/mol. The number of carbonyl (C=O) groups excluding carboxylic acids is 1. The van der Waals surface area contributed by atoms with Gasteiger partial charge in [0.05, 0.1) is 5.02 Å². The van der Waals surface area contributed by atoms with Crippen LogP contribution < -0.4 is 10.1 Å². The van der Waals surface area contributed by atoms with Gasteiger partial charge in [-0.1, -0.05) is 62.8 Å². The van der Waals surface area contributed by atoms with E-state index < -0.39 is 0 Å². The third kappa shape index (κ3) is 6.17. The Hall–Kier alpha value is -1.68. The van der Waals surface area contributed by atoms with Gasteiger partial charge in [0, 0.05) is 10.2 Å². The molecule has 0 saturated carbocycles. The lowest BCUT2D eigenvalue weighted by Gasteiger charge is -2.07. The summed E-state index contributed by atoms with van der Waals surface area (Å²) in [5, 5.41) is 11.4. The summed E-state index contributed by atoms with van der Waals surface area (Å²) in [7, 11) is 0. The molecule has 0 saturated heterocycles. The number of hydrogen-bond donors (Lipinski definition) is 1. The zero-order chi connectivity index (χ0) is 19.2. The highest BCUT2D eigenvalue weighted by atomic mass is 79.9. The Morgan fingerprint density at radius 3 is 2.78 bits per heavy atom. The van der Waals surface area contributed by atoms with E-state index in [-0.39, 0.29) is 18.3 Å². The molecule has 1 aromatic heterocycles. The SMILES string of the molecule is O=C(COc1ccc(Br)cc1Cl)Nc1nnc(SCc2ccc(F)cc2)s1. The van der Waals surface area contributed by atoms with Crippen molar-refractivity contribution in [1.29, 1.82) is 0 Å². The van der Waals surface area contributed by atoms with Gasteiger partial charge in [0.15, 0.2) is 10.9 Å². The Labute approximate surface area is 176 Å². The fourth-order valence-electron chi connectivity index (χ4n) is 1.94. The van der Waals surface area contributed by atoms with Crippen LogP contribution in [-0.2, 0) is 10.5 Å². The van der Waals surface area contributed by atoms with Crippen LogP contribution in [0.2, 0.25) is 5.02 Å². The molecule has 0 aliphatic carbocycles. The molecular weight excluding hydrogens is 477 g/mol. The lowest BCUT2D eigenvalue weighted by Crippen LogP contribution is -2.20. The molecule has 0 bridgehead atoms. The van der Waals surface area contributed by atoms with Gasteiger partial charge < -0.3 is 4.74 Å². The molecule has 10 heteroatoms. The second-order valence-electron chi connectivity index (χ2n) is 5.20. The van der Waals surface area contributed by atoms with Crippen LogP contribution in [-0.4, -0.2) is 22.7 Å². The fourth-order valence-corrected chi connectivity index (χ4v) is 4.39. The first kappa shape index (κ1) is 20.1. The van der Waals surface area contributed by atoms with Gasteiger partial charge in [-0.15, -0.1) is 10.2 Å². The molecule has 1 amide bonds. The van der Waals surface area contributed by atoms with Crippen LogP contribution >= 0.6 is 50.6 Å². The van der Waals surface area contributed by atoms with Crippen molar-refractivity contribution in [2.24, 2.45) is 0 Å². The summed E-state index contributed by atoms with van der Waals surface area (Å²) < 4.78 is 19.8.